The van der Waals surface area contributed by atoms with E-state index in [0.717, 1.165) is 22.2 Å². The molecule has 1 unspecified atom stereocenters. The van der Waals surface area contributed by atoms with Crippen LogP contribution in [0.2, 0.25) is 0 Å². The molecule has 0 bridgehead atoms. The summed E-state index contributed by atoms with van der Waals surface area (Å²) < 4.78 is 51.7. The maximum absolute atomic E-state index is 13.5. The third-order valence-electron chi connectivity index (χ3n) is 3.05. The summed E-state index contributed by atoms with van der Waals surface area (Å²) in [6.45, 7) is 0. The summed E-state index contributed by atoms with van der Waals surface area (Å²) in [4.78, 5) is 0. The summed E-state index contributed by atoms with van der Waals surface area (Å²) in [5.74, 6) is -1.38. The number of aliphatic hydroxyl groups is 1. The molecule has 0 spiro atoms. The van der Waals surface area contributed by atoms with Gasteiger partial charge in [0.25, 0.3) is 0 Å². The molecule has 0 fully saturated rings. The molecule has 0 aliphatic heterocycles. The molecule has 2 rings (SSSR count). The van der Waals surface area contributed by atoms with E-state index in [-0.39, 0.29) is 12.0 Å². The van der Waals surface area contributed by atoms with Crippen LogP contribution >= 0.6 is 15.9 Å². The van der Waals surface area contributed by atoms with E-state index in [1.165, 1.54) is 0 Å². The van der Waals surface area contributed by atoms with Crippen molar-refractivity contribution < 1.29 is 22.7 Å². The van der Waals surface area contributed by atoms with E-state index in [1.54, 1.807) is 24.3 Å². The number of halogens is 5. The van der Waals surface area contributed by atoms with Crippen LogP contribution in [0.3, 0.4) is 0 Å². The van der Waals surface area contributed by atoms with Gasteiger partial charge in [0.05, 0.1) is 11.7 Å². The Hall–Kier alpha value is -1.40. The molecule has 1 N–H and O–H groups in total. The topological polar surface area (TPSA) is 20.2 Å². The molecule has 0 amide bonds. The summed E-state index contributed by atoms with van der Waals surface area (Å²) in [5, 5.41) is 10.0. The minimum Gasteiger partial charge on any atom is -0.388 e. The average Bonchev–Trinajstić information content (AvgIpc) is 2.39. The number of aliphatic hydroxyl groups excluding tert-OH is 1. The van der Waals surface area contributed by atoms with Gasteiger partial charge in [0.1, 0.15) is 5.82 Å². The Morgan fingerprint density at radius 3 is 2.33 bits per heavy atom. The number of rotatable bonds is 3. The van der Waals surface area contributed by atoms with E-state index in [0.29, 0.717) is 6.07 Å². The number of hydrogen-bond acceptors (Lipinski definition) is 1. The Labute approximate surface area is 127 Å². The largest absolute Gasteiger partial charge is 0.419 e. The van der Waals surface area contributed by atoms with Gasteiger partial charge in [0.2, 0.25) is 0 Å². The third kappa shape index (κ3) is 3.83. The zero-order chi connectivity index (χ0) is 15.6. The van der Waals surface area contributed by atoms with Crippen LogP contribution < -0.4 is 0 Å². The van der Waals surface area contributed by atoms with E-state index in [9.17, 15) is 22.7 Å². The lowest BCUT2D eigenvalue weighted by Crippen LogP contribution is -2.10. The van der Waals surface area contributed by atoms with Crippen molar-refractivity contribution in [2.45, 2.75) is 18.7 Å². The van der Waals surface area contributed by atoms with Crippen LogP contribution in [-0.2, 0) is 12.6 Å². The number of alkyl halides is 3. The molecule has 0 aliphatic rings. The minimum absolute atomic E-state index is 0.108. The predicted octanol–water partition coefficient (Wildman–Crippen LogP) is 4.88. The van der Waals surface area contributed by atoms with Crippen molar-refractivity contribution in [3.05, 3.63) is 69.4 Å². The van der Waals surface area contributed by atoms with Crippen molar-refractivity contribution in [1.29, 1.82) is 0 Å². The highest BCUT2D eigenvalue weighted by molar-refractivity contribution is 9.10. The van der Waals surface area contributed by atoms with Crippen molar-refractivity contribution in [3.8, 4) is 0 Å². The van der Waals surface area contributed by atoms with Crippen molar-refractivity contribution in [3.63, 3.8) is 0 Å². The number of hydrogen-bond donors (Lipinski definition) is 1. The lowest BCUT2D eigenvalue weighted by atomic mass is 10.00. The average molecular weight is 363 g/mol. The Morgan fingerprint density at radius 2 is 1.76 bits per heavy atom. The molecule has 0 radical (unpaired) electrons. The summed E-state index contributed by atoms with van der Waals surface area (Å²) >= 11 is 3.32. The van der Waals surface area contributed by atoms with Gasteiger partial charge in [-0.1, -0.05) is 40.2 Å². The third-order valence-corrected chi connectivity index (χ3v) is 3.83. The minimum atomic E-state index is -4.74. The highest BCUT2D eigenvalue weighted by Gasteiger charge is 2.34. The second-order valence-electron chi connectivity index (χ2n) is 4.55. The smallest absolute Gasteiger partial charge is 0.388 e. The summed E-state index contributed by atoms with van der Waals surface area (Å²) in [7, 11) is 0. The van der Waals surface area contributed by atoms with Crippen molar-refractivity contribution in [1.82, 2.24) is 0 Å². The van der Waals surface area contributed by atoms with E-state index >= 15 is 0 Å². The molecule has 1 nitrogen and oxygen atoms in total. The van der Waals surface area contributed by atoms with E-state index in [2.05, 4.69) is 15.9 Å². The zero-order valence-electron chi connectivity index (χ0n) is 10.7. The van der Waals surface area contributed by atoms with E-state index < -0.39 is 23.7 Å². The van der Waals surface area contributed by atoms with Gasteiger partial charge in [-0.3, -0.25) is 0 Å². The molecule has 2 aromatic carbocycles. The Balaban J connectivity index is 2.23. The lowest BCUT2D eigenvalue weighted by molar-refractivity contribution is -0.140. The summed E-state index contributed by atoms with van der Waals surface area (Å²) in [6.07, 6.45) is -5.65. The molecule has 0 saturated heterocycles. The van der Waals surface area contributed by atoms with Crippen LogP contribution in [0.1, 0.15) is 22.8 Å². The van der Waals surface area contributed by atoms with Gasteiger partial charge in [0, 0.05) is 10.9 Å². The Bertz CT molecular complexity index is 640. The Kier molecular flexibility index (Phi) is 4.68. The first-order valence-electron chi connectivity index (χ1n) is 6.07. The van der Waals surface area contributed by atoms with Crippen LogP contribution in [0.25, 0.3) is 0 Å². The first kappa shape index (κ1) is 16.0. The second kappa shape index (κ2) is 6.15. The van der Waals surface area contributed by atoms with Crippen LogP contribution in [-0.4, -0.2) is 5.11 Å². The van der Waals surface area contributed by atoms with Crippen LogP contribution in [0.4, 0.5) is 17.6 Å². The quantitative estimate of drug-likeness (QED) is 0.771. The molecule has 112 valence electrons. The number of benzene rings is 2. The molecule has 6 heteroatoms. The molecule has 2 aromatic rings. The van der Waals surface area contributed by atoms with Crippen molar-refractivity contribution in [2.75, 3.05) is 0 Å². The molecule has 0 aliphatic carbocycles. The van der Waals surface area contributed by atoms with E-state index in [1.807, 2.05) is 0 Å². The van der Waals surface area contributed by atoms with Crippen LogP contribution in [0, 0.1) is 5.82 Å². The Morgan fingerprint density at radius 1 is 1.10 bits per heavy atom. The fraction of sp³-hybridized carbons (Fsp3) is 0.200. The first-order valence-corrected chi connectivity index (χ1v) is 6.86. The van der Waals surface area contributed by atoms with Gasteiger partial charge in [-0.05, 0) is 29.3 Å². The van der Waals surface area contributed by atoms with Crippen molar-refractivity contribution >= 4 is 15.9 Å². The maximum Gasteiger partial charge on any atom is 0.419 e. The van der Waals surface area contributed by atoms with Gasteiger partial charge < -0.3 is 5.11 Å². The molecule has 1 atom stereocenters. The zero-order valence-corrected chi connectivity index (χ0v) is 12.2. The van der Waals surface area contributed by atoms with Crippen LogP contribution in [0.15, 0.2) is 46.9 Å². The van der Waals surface area contributed by atoms with Gasteiger partial charge in [-0.25, -0.2) is 4.39 Å². The van der Waals surface area contributed by atoms with Gasteiger partial charge in [-0.2, -0.15) is 13.2 Å². The fourth-order valence-corrected chi connectivity index (χ4v) is 2.41. The van der Waals surface area contributed by atoms with E-state index in [4.69, 9.17) is 0 Å². The highest BCUT2D eigenvalue weighted by atomic mass is 79.9. The maximum atomic E-state index is 13.5. The van der Waals surface area contributed by atoms with Gasteiger partial charge in [0.15, 0.2) is 0 Å². The van der Waals surface area contributed by atoms with Gasteiger partial charge >= 0.3 is 6.18 Å². The first-order chi connectivity index (χ1) is 9.79. The highest BCUT2D eigenvalue weighted by Crippen LogP contribution is 2.33. The SMILES string of the molecule is OC(Cc1ccccc1Br)c1ccc(C(F)(F)F)c(F)c1. The molecule has 0 saturated carbocycles. The molecule has 21 heavy (non-hydrogen) atoms. The normalized spacial score (nSPS) is 13.2. The molecular formula is C15H11BrF4O. The standard InChI is InChI=1S/C15H11BrF4O/c16-12-4-2-1-3-9(12)8-14(21)10-5-6-11(13(17)7-10)15(18,19)20/h1-7,14,21H,8H2. The molecular weight excluding hydrogens is 352 g/mol. The monoisotopic (exact) mass is 362 g/mol. The second-order valence-corrected chi connectivity index (χ2v) is 5.40. The molecule has 0 heterocycles. The van der Waals surface area contributed by atoms with Gasteiger partial charge in [-0.15, -0.1) is 0 Å². The van der Waals surface area contributed by atoms with Crippen LogP contribution in [0.5, 0.6) is 0 Å². The van der Waals surface area contributed by atoms with Crippen molar-refractivity contribution in [2.24, 2.45) is 0 Å². The molecule has 0 aromatic heterocycles. The lowest BCUT2D eigenvalue weighted by Gasteiger charge is -2.14. The summed E-state index contributed by atoms with van der Waals surface area (Å²) in [5.41, 5.74) is -0.444. The fourth-order valence-electron chi connectivity index (χ4n) is 1.96. The summed E-state index contributed by atoms with van der Waals surface area (Å²) in [6, 6.07) is 9.60. The predicted molar refractivity (Wildman–Crippen MR) is 74.2 cm³/mol.